The highest BCUT2D eigenvalue weighted by molar-refractivity contribution is 6.05. The number of benzene rings is 4. The molecular formula is C45H50N6O4. The second-order valence-corrected chi connectivity index (χ2v) is 15.1. The summed E-state index contributed by atoms with van der Waals surface area (Å²) in [5.74, 6) is -0.500. The zero-order valence-corrected chi connectivity index (χ0v) is 31.6. The standard InChI is InChI=1S/C45H50N6O4/c1-2-39(32-6-4-3-5-7-32)43(34-10-15-38(52)16-11-34)33-8-12-36(13-9-33)49-26-22-47(23-27-49)20-21-48-24-28-50(29-25-48)37-14-17-40-35(30-37)31-51(45(40)55)41-18-19-42(53)46-44(41)54/h3-17,30,41,52H,2,18-29,31H2,1H3,(H,46,53,54)/b43-39+. The second kappa shape index (κ2) is 16.1. The Morgan fingerprint density at radius 2 is 1.27 bits per heavy atom. The topological polar surface area (TPSA) is 99.7 Å². The van der Waals surface area contributed by atoms with Gasteiger partial charge in [0.15, 0.2) is 0 Å². The van der Waals surface area contributed by atoms with Crippen LogP contribution in [0.25, 0.3) is 11.1 Å². The molecule has 2 N–H and O–H groups in total. The third-order valence-corrected chi connectivity index (χ3v) is 11.8. The second-order valence-electron chi connectivity index (χ2n) is 15.1. The Morgan fingerprint density at radius 1 is 0.691 bits per heavy atom. The normalized spacial score (nSPS) is 20.1. The van der Waals surface area contributed by atoms with E-state index in [1.807, 2.05) is 24.3 Å². The van der Waals surface area contributed by atoms with Crippen LogP contribution < -0.4 is 15.1 Å². The van der Waals surface area contributed by atoms with E-state index >= 15 is 0 Å². The zero-order chi connectivity index (χ0) is 37.9. The number of aromatic hydroxyl groups is 1. The molecule has 1 unspecified atom stereocenters. The van der Waals surface area contributed by atoms with E-state index in [2.05, 4.69) is 92.5 Å². The number of nitrogens with one attached hydrogen (secondary N) is 1. The predicted octanol–water partition coefficient (Wildman–Crippen LogP) is 5.47. The SMILES string of the molecule is CC/C(=C(\c1ccc(O)cc1)c1ccc(N2CCN(CCN3CCN(c4ccc5c(c4)CN(C4CCC(=O)NC4=O)C5=O)CC3)CC2)cc1)c1ccccc1. The Kier molecular flexibility index (Phi) is 10.7. The Morgan fingerprint density at radius 3 is 1.87 bits per heavy atom. The van der Waals surface area contributed by atoms with Gasteiger partial charge in [-0.3, -0.25) is 29.5 Å². The van der Waals surface area contributed by atoms with E-state index in [1.165, 1.54) is 28.0 Å². The number of piperidine rings is 1. The average Bonchev–Trinajstić information content (AvgIpc) is 3.55. The van der Waals surface area contributed by atoms with Crippen LogP contribution in [0.3, 0.4) is 0 Å². The summed E-state index contributed by atoms with van der Waals surface area (Å²) in [6.45, 7) is 12.7. The molecule has 0 spiro atoms. The first-order valence-corrected chi connectivity index (χ1v) is 19.7. The van der Waals surface area contributed by atoms with Gasteiger partial charge in [-0.25, -0.2) is 0 Å². The molecule has 10 heteroatoms. The van der Waals surface area contributed by atoms with Gasteiger partial charge < -0.3 is 19.8 Å². The average molecular weight is 739 g/mol. The van der Waals surface area contributed by atoms with Crippen LogP contribution in [0.15, 0.2) is 97.1 Å². The van der Waals surface area contributed by atoms with Crippen molar-refractivity contribution in [1.82, 2.24) is 20.0 Å². The van der Waals surface area contributed by atoms with Gasteiger partial charge in [-0.05, 0) is 88.7 Å². The van der Waals surface area contributed by atoms with Gasteiger partial charge in [-0.15, -0.1) is 0 Å². The van der Waals surface area contributed by atoms with Crippen LogP contribution in [-0.2, 0) is 16.1 Å². The lowest BCUT2D eigenvalue weighted by atomic mass is 9.88. The van der Waals surface area contributed by atoms with Gasteiger partial charge in [0, 0.05) is 95.4 Å². The quantitative estimate of drug-likeness (QED) is 0.164. The zero-order valence-electron chi connectivity index (χ0n) is 31.6. The number of anilines is 2. The summed E-state index contributed by atoms with van der Waals surface area (Å²) in [6, 6.07) is 32.6. The van der Waals surface area contributed by atoms with Gasteiger partial charge in [0.25, 0.3) is 5.91 Å². The van der Waals surface area contributed by atoms with E-state index in [9.17, 15) is 19.5 Å². The van der Waals surface area contributed by atoms with Crippen LogP contribution in [0.4, 0.5) is 11.4 Å². The van der Waals surface area contributed by atoms with E-state index < -0.39 is 6.04 Å². The first-order chi connectivity index (χ1) is 26.8. The van der Waals surface area contributed by atoms with Gasteiger partial charge in [-0.2, -0.15) is 0 Å². The first-order valence-electron chi connectivity index (χ1n) is 19.7. The fourth-order valence-electron chi connectivity index (χ4n) is 8.65. The number of carbonyl (C=O) groups is 3. The van der Waals surface area contributed by atoms with Crippen molar-refractivity contribution < 1.29 is 19.5 Å². The van der Waals surface area contributed by atoms with Crippen molar-refractivity contribution in [3.63, 3.8) is 0 Å². The maximum Gasteiger partial charge on any atom is 0.255 e. The Balaban J connectivity index is 0.824. The van der Waals surface area contributed by atoms with Crippen molar-refractivity contribution in [3.8, 4) is 5.75 Å². The number of phenolic OH excluding ortho intramolecular Hbond substituents is 1. The number of amides is 3. The number of hydrogen-bond donors (Lipinski definition) is 2. The summed E-state index contributed by atoms with van der Waals surface area (Å²) in [6.07, 6.45) is 1.53. The molecule has 4 aliphatic heterocycles. The number of imide groups is 1. The number of rotatable bonds is 10. The maximum atomic E-state index is 13.1. The molecule has 0 bridgehead atoms. The number of piperazine rings is 2. The van der Waals surface area contributed by atoms with Gasteiger partial charge in [0.05, 0.1) is 0 Å². The molecule has 8 rings (SSSR count). The monoisotopic (exact) mass is 738 g/mol. The number of nitrogens with zero attached hydrogens (tertiary/aromatic N) is 5. The third-order valence-electron chi connectivity index (χ3n) is 11.8. The molecule has 3 saturated heterocycles. The lowest BCUT2D eigenvalue weighted by Gasteiger charge is -2.39. The fourth-order valence-corrected chi connectivity index (χ4v) is 8.65. The molecule has 4 aromatic carbocycles. The molecule has 0 aromatic heterocycles. The van der Waals surface area contributed by atoms with E-state index in [4.69, 9.17) is 0 Å². The summed E-state index contributed by atoms with van der Waals surface area (Å²) in [7, 11) is 0. The molecule has 4 aromatic rings. The van der Waals surface area contributed by atoms with Crippen LogP contribution >= 0.6 is 0 Å². The molecule has 1 atom stereocenters. The van der Waals surface area contributed by atoms with E-state index in [-0.39, 0.29) is 29.9 Å². The highest BCUT2D eigenvalue weighted by atomic mass is 16.3. The van der Waals surface area contributed by atoms with Crippen LogP contribution in [0.5, 0.6) is 5.75 Å². The van der Waals surface area contributed by atoms with Crippen LogP contribution in [0, 0.1) is 0 Å². The molecule has 3 fully saturated rings. The highest BCUT2D eigenvalue weighted by Gasteiger charge is 2.39. The summed E-state index contributed by atoms with van der Waals surface area (Å²) < 4.78 is 0. The molecular weight excluding hydrogens is 689 g/mol. The predicted molar refractivity (Wildman–Crippen MR) is 217 cm³/mol. The van der Waals surface area contributed by atoms with Crippen LogP contribution in [0.2, 0.25) is 0 Å². The minimum absolute atomic E-state index is 0.127. The van der Waals surface area contributed by atoms with E-state index in [0.717, 1.165) is 88.7 Å². The van der Waals surface area contributed by atoms with Gasteiger partial charge in [-0.1, -0.05) is 61.5 Å². The lowest BCUT2D eigenvalue weighted by Crippen LogP contribution is -2.52. The molecule has 284 valence electrons. The largest absolute Gasteiger partial charge is 0.508 e. The number of fused-ring (bicyclic) bond motifs is 1. The summed E-state index contributed by atoms with van der Waals surface area (Å²) in [5, 5.41) is 12.4. The van der Waals surface area contributed by atoms with Crippen molar-refractivity contribution in [2.45, 2.75) is 38.8 Å². The van der Waals surface area contributed by atoms with Crippen LogP contribution in [-0.4, -0.2) is 109 Å². The Labute approximate surface area is 323 Å². The molecule has 55 heavy (non-hydrogen) atoms. The fraction of sp³-hybridized carbons (Fsp3) is 0.356. The number of carbonyl (C=O) groups excluding carboxylic acids is 3. The summed E-state index contributed by atoms with van der Waals surface area (Å²) in [5.41, 5.74) is 9.97. The molecule has 10 nitrogen and oxygen atoms in total. The number of hydrogen-bond acceptors (Lipinski definition) is 8. The van der Waals surface area contributed by atoms with E-state index in [0.29, 0.717) is 18.5 Å². The van der Waals surface area contributed by atoms with Crippen molar-refractivity contribution in [2.75, 3.05) is 75.2 Å². The van der Waals surface area contributed by atoms with Crippen molar-refractivity contribution in [1.29, 1.82) is 0 Å². The van der Waals surface area contributed by atoms with Gasteiger partial charge >= 0.3 is 0 Å². The number of phenols is 1. The Hall–Kier alpha value is -5.45. The molecule has 0 aliphatic carbocycles. The van der Waals surface area contributed by atoms with Gasteiger partial charge in [0.1, 0.15) is 11.8 Å². The minimum Gasteiger partial charge on any atom is -0.508 e. The third kappa shape index (κ3) is 7.88. The van der Waals surface area contributed by atoms with Crippen LogP contribution in [0.1, 0.15) is 58.8 Å². The maximum absolute atomic E-state index is 13.1. The molecule has 0 saturated carbocycles. The highest BCUT2D eigenvalue weighted by Crippen LogP contribution is 2.36. The summed E-state index contributed by atoms with van der Waals surface area (Å²) >= 11 is 0. The molecule has 3 amide bonds. The molecule has 4 heterocycles. The molecule has 0 radical (unpaired) electrons. The van der Waals surface area contributed by atoms with Crippen molar-refractivity contribution in [2.24, 2.45) is 0 Å². The van der Waals surface area contributed by atoms with Crippen molar-refractivity contribution >= 4 is 40.2 Å². The minimum atomic E-state index is -0.590. The number of allylic oxidation sites excluding steroid dienone is 1. The lowest BCUT2D eigenvalue weighted by molar-refractivity contribution is -0.136. The summed E-state index contributed by atoms with van der Waals surface area (Å²) in [4.78, 5) is 48.9. The molecule has 4 aliphatic rings. The smallest absolute Gasteiger partial charge is 0.255 e. The van der Waals surface area contributed by atoms with Crippen molar-refractivity contribution in [3.05, 3.63) is 125 Å². The Bertz CT molecular complexity index is 2050. The van der Waals surface area contributed by atoms with E-state index in [1.54, 1.807) is 17.0 Å². The first kappa shape index (κ1) is 36.5. The van der Waals surface area contributed by atoms with Gasteiger partial charge in [0.2, 0.25) is 11.8 Å².